The van der Waals surface area contributed by atoms with Crippen LogP contribution in [-0.4, -0.2) is 22.9 Å². The normalized spacial score (nSPS) is 15.9. The molecule has 0 fully saturated rings. The van der Waals surface area contributed by atoms with Crippen LogP contribution < -0.4 is 10.1 Å². The van der Waals surface area contributed by atoms with Crippen LogP contribution in [0.4, 0.5) is 11.6 Å². The maximum absolute atomic E-state index is 12.6. The summed E-state index contributed by atoms with van der Waals surface area (Å²) < 4.78 is 5.17. The molecule has 136 valence electrons. The minimum atomic E-state index is 0.109. The number of nitrogens with zero attached hydrogens (tertiary/aromatic N) is 2. The molecular formula is C22H21N3O2. The molecule has 3 aromatic rings. The topological polar surface area (TPSA) is 64.1 Å². The molecule has 0 unspecified atom stereocenters. The molecule has 0 saturated carbocycles. The Hall–Kier alpha value is -3.21. The Morgan fingerprint density at radius 3 is 2.48 bits per heavy atom. The quantitative estimate of drug-likeness (QED) is 0.745. The number of fused-ring (bicyclic) bond motifs is 1. The maximum Gasteiger partial charge on any atom is 0.227 e. The van der Waals surface area contributed by atoms with Crippen molar-refractivity contribution in [2.75, 3.05) is 12.4 Å². The molecule has 0 amide bonds. The van der Waals surface area contributed by atoms with E-state index in [1.54, 1.807) is 13.3 Å². The minimum absolute atomic E-state index is 0.109. The van der Waals surface area contributed by atoms with Crippen molar-refractivity contribution >= 4 is 17.4 Å². The van der Waals surface area contributed by atoms with Crippen LogP contribution in [0, 0.1) is 6.92 Å². The van der Waals surface area contributed by atoms with Gasteiger partial charge in [-0.2, -0.15) is 0 Å². The number of benzene rings is 2. The maximum atomic E-state index is 12.6. The van der Waals surface area contributed by atoms with Crippen LogP contribution in [0.25, 0.3) is 0 Å². The van der Waals surface area contributed by atoms with Crippen LogP contribution >= 0.6 is 0 Å². The number of nitrogens with one attached hydrogen (secondary N) is 1. The summed E-state index contributed by atoms with van der Waals surface area (Å²) in [5, 5.41) is 3.19. The molecule has 5 heteroatoms. The van der Waals surface area contributed by atoms with Crippen molar-refractivity contribution in [1.82, 2.24) is 9.97 Å². The van der Waals surface area contributed by atoms with E-state index < -0.39 is 0 Å². The highest BCUT2D eigenvalue weighted by molar-refractivity contribution is 5.98. The van der Waals surface area contributed by atoms with Crippen molar-refractivity contribution < 1.29 is 9.53 Å². The molecule has 0 aliphatic heterocycles. The van der Waals surface area contributed by atoms with Gasteiger partial charge >= 0.3 is 0 Å². The van der Waals surface area contributed by atoms with Crippen LogP contribution in [0.15, 0.2) is 54.7 Å². The Kier molecular flexibility index (Phi) is 4.59. The molecule has 27 heavy (non-hydrogen) atoms. The van der Waals surface area contributed by atoms with Crippen molar-refractivity contribution in [3.05, 3.63) is 77.1 Å². The minimum Gasteiger partial charge on any atom is -0.497 e. The number of hydrogen-bond acceptors (Lipinski definition) is 5. The predicted octanol–water partition coefficient (Wildman–Crippen LogP) is 4.45. The van der Waals surface area contributed by atoms with E-state index in [-0.39, 0.29) is 11.7 Å². The van der Waals surface area contributed by atoms with Crippen LogP contribution in [0.3, 0.4) is 0 Å². The number of methoxy groups -OCH3 is 1. The fourth-order valence-electron chi connectivity index (χ4n) is 3.38. The molecule has 1 aromatic heterocycles. The standard InChI is InChI=1S/C22H21N3O2/c1-14-3-5-15(6-4-14)16-11-20-19(21(26)12-16)13-23-22(25-20)24-17-7-9-18(27-2)10-8-17/h3-10,13,16H,11-12H2,1-2H3,(H,23,24,25)/t16-/m0/s1. The summed E-state index contributed by atoms with van der Waals surface area (Å²) in [6.45, 7) is 2.06. The van der Waals surface area contributed by atoms with Gasteiger partial charge in [-0.15, -0.1) is 0 Å². The molecule has 5 nitrogen and oxygen atoms in total. The summed E-state index contributed by atoms with van der Waals surface area (Å²) in [5.74, 6) is 1.56. The number of Topliss-reactive ketones (excluding diaryl/α,β-unsaturated/α-hetero) is 1. The third-order valence-electron chi connectivity index (χ3n) is 4.93. The van der Waals surface area contributed by atoms with E-state index in [1.165, 1.54) is 11.1 Å². The average molecular weight is 359 g/mol. The van der Waals surface area contributed by atoms with Crippen molar-refractivity contribution in [1.29, 1.82) is 0 Å². The van der Waals surface area contributed by atoms with Crippen LogP contribution in [0.2, 0.25) is 0 Å². The lowest BCUT2D eigenvalue weighted by Gasteiger charge is -2.23. The summed E-state index contributed by atoms with van der Waals surface area (Å²) in [6.07, 6.45) is 2.89. The largest absolute Gasteiger partial charge is 0.497 e. The molecule has 1 heterocycles. The van der Waals surface area contributed by atoms with Crippen molar-refractivity contribution in [2.45, 2.75) is 25.7 Å². The van der Waals surface area contributed by atoms with Gasteiger partial charge in [0.15, 0.2) is 5.78 Å². The monoisotopic (exact) mass is 359 g/mol. The van der Waals surface area contributed by atoms with Crippen LogP contribution in [0.1, 0.15) is 39.5 Å². The fraction of sp³-hybridized carbons (Fsp3) is 0.227. The summed E-state index contributed by atoms with van der Waals surface area (Å²) in [5.41, 5.74) is 4.71. The molecule has 0 spiro atoms. The first-order chi connectivity index (χ1) is 13.1. The van der Waals surface area contributed by atoms with Gasteiger partial charge in [-0.25, -0.2) is 9.97 Å². The van der Waals surface area contributed by atoms with E-state index in [2.05, 4.69) is 46.5 Å². The van der Waals surface area contributed by atoms with Crippen molar-refractivity contribution in [2.24, 2.45) is 0 Å². The number of aryl methyl sites for hydroxylation is 1. The van der Waals surface area contributed by atoms with E-state index in [1.807, 2.05) is 24.3 Å². The summed E-state index contributed by atoms with van der Waals surface area (Å²) in [4.78, 5) is 21.5. The van der Waals surface area contributed by atoms with Gasteiger partial charge in [0, 0.05) is 18.3 Å². The molecule has 0 bridgehead atoms. The summed E-state index contributed by atoms with van der Waals surface area (Å²) in [6, 6.07) is 15.9. The smallest absolute Gasteiger partial charge is 0.227 e. The number of rotatable bonds is 4. The van der Waals surface area contributed by atoms with E-state index in [0.717, 1.165) is 23.6 Å². The highest BCUT2D eigenvalue weighted by Gasteiger charge is 2.28. The number of hydrogen-bond donors (Lipinski definition) is 1. The van der Waals surface area contributed by atoms with Gasteiger partial charge in [0.25, 0.3) is 0 Å². The van der Waals surface area contributed by atoms with Gasteiger partial charge in [0.05, 0.1) is 18.4 Å². The zero-order chi connectivity index (χ0) is 18.8. The molecule has 4 rings (SSSR count). The Labute approximate surface area is 158 Å². The Balaban J connectivity index is 1.57. The molecule has 1 N–H and O–H groups in total. The molecule has 1 atom stereocenters. The lowest BCUT2D eigenvalue weighted by atomic mass is 9.82. The van der Waals surface area contributed by atoms with Crippen molar-refractivity contribution in [3.8, 4) is 5.75 Å². The average Bonchev–Trinajstić information content (AvgIpc) is 2.69. The molecule has 2 aromatic carbocycles. The number of carbonyl (C=O) groups is 1. The molecule has 0 radical (unpaired) electrons. The summed E-state index contributed by atoms with van der Waals surface area (Å²) in [7, 11) is 1.64. The summed E-state index contributed by atoms with van der Waals surface area (Å²) >= 11 is 0. The molecule has 1 aliphatic rings. The number of aromatic nitrogens is 2. The Morgan fingerprint density at radius 1 is 1.04 bits per heavy atom. The van der Waals surface area contributed by atoms with Crippen molar-refractivity contribution in [3.63, 3.8) is 0 Å². The first kappa shape index (κ1) is 17.2. The Morgan fingerprint density at radius 2 is 1.78 bits per heavy atom. The highest BCUT2D eigenvalue weighted by atomic mass is 16.5. The lowest BCUT2D eigenvalue weighted by molar-refractivity contribution is 0.0962. The highest BCUT2D eigenvalue weighted by Crippen LogP contribution is 2.32. The first-order valence-corrected chi connectivity index (χ1v) is 8.99. The second-order valence-corrected chi connectivity index (χ2v) is 6.85. The molecule has 1 aliphatic carbocycles. The van der Waals surface area contributed by atoms with E-state index >= 15 is 0 Å². The van der Waals surface area contributed by atoms with Crippen LogP contribution in [0.5, 0.6) is 5.75 Å². The van der Waals surface area contributed by atoms with Gasteiger partial charge in [0.1, 0.15) is 5.75 Å². The van der Waals surface area contributed by atoms with Gasteiger partial charge < -0.3 is 10.1 Å². The van der Waals surface area contributed by atoms with E-state index in [0.29, 0.717) is 17.9 Å². The van der Waals surface area contributed by atoms with Gasteiger partial charge in [-0.05, 0) is 49.1 Å². The lowest BCUT2D eigenvalue weighted by Crippen LogP contribution is -2.21. The molecule has 0 saturated heterocycles. The predicted molar refractivity (Wildman–Crippen MR) is 105 cm³/mol. The first-order valence-electron chi connectivity index (χ1n) is 8.99. The van der Waals surface area contributed by atoms with Gasteiger partial charge in [-0.3, -0.25) is 4.79 Å². The Bertz CT molecular complexity index is 966. The number of ether oxygens (including phenoxy) is 1. The zero-order valence-corrected chi connectivity index (χ0v) is 15.4. The van der Waals surface area contributed by atoms with Gasteiger partial charge in [0.2, 0.25) is 5.95 Å². The SMILES string of the molecule is COc1ccc(Nc2ncc3c(n2)C[C@H](c2ccc(C)cc2)CC3=O)cc1. The number of anilines is 2. The third kappa shape index (κ3) is 3.67. The number of ketones is 1. The van der Waals surface area contributed by atoms with E-state index in [9.17, 15) is 4.79 Å². The molecular weight excluding hydrogens is 338 g/mol. The van der Waals surface area contributed by atoms with E-state index in [4.69, 9.17) is 4.74 Å². The van der Waals surface area contributed by atoms with Gasteiger partial charge in [-0.1, -0.05) is 29.8 Å². The fourth-order valence-corrected chi connectivity index (χ4v) is 3.38. The number of carbonyl (C=O) groups excluding carboxylic acids is 1. The third-order valence-corrected chi connectivity index (χ3v) is 4.93. The zero-order valence-electron chi connectivity index (χ0n) is 15.4. The van der Waals surface area contributed by atoms with Crippen LogP contribution in [-0.2, 0) is 6.42 Å². The second-order valence-electron chi connectivity index (χ2n) is 6.85. The second kappa shape index (κ2) is 7.19.